The first-order valence-electron chi connectivity index (χ1n) is 7.02. The van der Waals surface area contributed by atoms with E-state index in [1.807, 2.05) is 6.92 Å². The second kappa shape index (κ2) is 7.96. The topological polar surface area (TPSA) is 62.1 Å². The number of nitrogens with one attached hydrogen (secondary N) is 1. The van der Waals surface area contributed by atoms with Gasteiger partial charge < -0.3 is 10.1 Å². The molecule has 1 aliphatic rings. The van der Waals surface area contributed by atoms with E-state index in [2.05, 4.69) is 18.0 Å². The number of nitriles is 1. The second-order valence-electron chi connectivity index (χ2n) is 5.37. The van der Waals surface area contributed by atoms with E-state index in [4.69, 9.17) is 4.74 Å². The van der Waals surface area contributed by atoms with Crippen molar-refractivity contribution in [2.24, 2.45) is 5.41 Å². The lowest BCUT2D eigenvalue weighted by Gasteiger charge is -2.23. The van der Waals surface area contributed by atoms with E-state index < -0.39 is 5.41 Å². The minimum absolute atomic E-state index is 0.129. The van der Waals surface area contributed by atoms with Crippen molar-refractivity contribution in [3.63, 3.8) is 0 Å². The summed E-state index contributed by atoms with van der Waals surface area (Å²) in [7, 11) is 0. The second-order valence-corrected chi connectivity index (χ2v) is 5.37. The summed E-state index contributed by atoms with van der Waals surface area (Å²) in [4.78, 5) is 12.2. The largest absolute Gasteiger partial charge is 0.375 e. The van der Waals surface area contributed by atoms with Gasteiger partial charge in [0.05, 0.1) is 19.3 Å². The maximum atomic E-state index is 12.2. The first-order valence-corrected chi connectivity index (χ1v) is 7.02. The average molecular weight is 264 g/mol. The SMILES string of the molecule is C=C(C)COCCNC(=O)C1(C#N)CCCCCC1. The van der Waals surface area contributed by atoms with Crippen LogP contribution in [0.25, 0.3) is 0 Å². The molecule has 1 fully saturated rings. The minimum atomic E-state index is -0.815. The van der Waals surface area contributed by atoms with Crippen LogP contribution in [0.2, 0.25) is 0 Å². The monoisotopic (exact) mass is 264 g/mol. The van der Waals surface area contributed by atoms with Gasteiger partial charge in [-0.15, -0.1) is 0 Å². The molecule has 0 aliphatic heterocycles. The zero-order valence-corrected chi connectivity index (χ0v) is 11.8. The van der Waals surface area contributed by atoms with Crippen LogP contribution in [0.5, 0.6) is 0 Å². The number of carbonyl (C=O) groups is 1. The third kappa shape index (κ3) is 5.04. The lowest BCUT2D eigenvalue weighted by Crippen LogP contribution is -2.41. The van der Waals surface area contributed by atoms with Crippen LogP contribution in [0.15, 0.2) is 12.2 Å². The molecule has 1 N–H and O–H groups in total. The maximum Gasteiger partial charge on any atom is 0.240 e. The molecular weight excluding hydrogens is 240 g/mol. The van der Waals surface area contributed by atoms with E-state index >= 15 is 0 Å². The van der Waals surface area contributed by atoms with Gasteiger partial charge >= 0.3 is 0 Å². The van der Waals surface area contributed by atoms with Gasteiger partial charge in [0.2, 0.25) is 5.91 Å². The number of carbonyl (C=O) groups excluding carboxylic acids is 1. The van der Waals surface area contributed by atoms with Crippen molar-refractivity contribution in [2.75, 3.05) is 19.8 Å². The fraction of sp³-hybridized carbons (Fsp3) is 0.733. The molecule has 1 amide bonds. The molecule has 0 aromatic carbocycles. The van der Waals surface area contributed by atoms with Gasteiger partial charge in [0, 0.05) is 6.54 Å². The zero-order valence-electron chi connectivity index (χ0n) is 11.8. The van der Waals surface area contributed by atoms with Crippen molar-refractivity contribution >= 4 is 5.91 Å². The highest BCUT2D eigenvalue weighted by molar-refractivity contribution is 5.85. The molecule has 19 heavy (non-hydrogen) atoms. The van der Waals surface area contributed by atoms with Gasteiger partial charge in [-0.3, -0.25) is 4.79 Å². The Hall–Kier alpha value is -1.34. The predicted molar refractivity (Wildman–Crippen MR) is 74.4 cm³/mol. The molecule has 0 unspecified atom stereocenters. The number of nitrogens with zero attached hydrogens (tertiary/aromatic N) is 1. The van der Waals surface area contributed by atoms with Crippen molar-refractivity contribution in [3.05, 3.63) is 12.2 Å². The van der Waals surface area contributed by atoms with E-state index in [0.29, 0.717) is 32.6 Å². The molecule has 0 saturated heterocycles. The lowest BCUT2D eigenvalue weighted by atomic mass is 9.81. The summed E-state index contributed by atoms with van der Waals surface area (Å²) < 4.78 is 5.33. The van der Waals surface area contributed by atoms with Crippen molar-refractivity contribution in [3.8, 4) is 6.07 Å². The summed E-state index contributed by atoms with van der Waals surface area (Å²) >= 11 is 0. The van der Waals surface area contributed by atoms with Crippen LogP contribution >= 0.6 is 0 Å². The molecule has 0 atom stereocenters. The van der Waals surface area contributed by atoms with Crippen molar-refractivity contribution in [1.82, 2.24) is 5.32 Å². The molecule has 0 bridgehead atoms. The summed E-state index contributed by atoms with van der Waals surface area (Å²) in [5, 5.41) is 12.2. The molecule has 4 heteroatoms. The van der Waals surface area contributed by atoms with E-state index in [-0.39, 0.29) is 5.91 Å². The van der Waals surface area contributed by atoms with E-state index in [1.165, 1.54) is 0 Å². The van der Waals surface area contributed by atoms with Gasteiger partial charge in [0.15, 0.2) is 0 Å². The quantitative estimate of drug-likeness (QED) is 0.455. The lowest BCUT2D eigenvalue weighted by molar-refractivity contribution is -0.129. The van der Waals surface area contributed by atoms with E-state index in [1.54, 1.807) is 0 Å². The molecule has 0 aromatic rings. The average Bonchev–Trinajstić information content (AvgIpc) is 2.64. The van der Waals surface area contributed by atoms with Gasteiger partial charge in [-0.25, -0.2) is 0 Å². The molecule has 1 rings (SSSR count). The Morgan fingerprint density at radius 1 is 1.37 bits per heavy atom. The van der Waals surface area contributed by atoms with Crippen molar-refractivity contribution < 1.29 is 9.53 Å². The smallest absolute Gasteiger partial charge is 0.240 e. The van der Waals surface area contributed by atoms with Crippen LogP contribution in [0.4, 0.5) is 0 Å². The Bertz CT molecular complexity index is 350. The summed E-state index contributed by atoms with van der Waals surface area (Å²) in [6, 6.07) is 2.25. The molecule has 0 heterocycles. The van der Waals surface area contributed by atoms with Gasteiger partial charge in [-0.1, -0.05) is 37.8 Å². The minimum Gasteiger partial charge on any atom is -0.375 e. The Morgan fingerprint density at radius 2 is 2.00 bits per heavy atom. The Kier molecular flexibility index (Phi) is 6.58. The number of ether oxygens (including phenoxy) is 1. The normalized spacial score (nSPS) is 18.1. The van der Waals surface area contributed by atoms with Crippen molar-refractivity contribution in [2.45, 2.75) is 45.4 Å². The third-order valence-electron chi connectivity index (χ3n) is 3.49. The summed E-state index contributed by atoms with van der Waals surface area (Å²) in [5.74, 6) is -0.129. The Morgan fingerprint density at radius 3 is 2.53 bits per heavy atom. The number of hydrogen-bond acceptors (Lipinski definition) is 3. The number of amides is 1. The summed E-state index contributed by atoms with van der Waals surface area (Å²) in [5.41, 5.74) is 0.147. The summed E-state index contributed by atoms with van der Waals surface area (Å²) in [6.07, 6.45) is 5.54. The standard InChI is InChI=1S/C15H24N2O2/c1-13(2)11-19-10-9-17-14(18)15(12-16)7-5-3-4-6-8-15/h1,3-11H2,2H3,(H,17,18). The fourth-order valence-electron chi connectivity index (χ4n) is 2.37. The molecule has 0 aromatic heterocycles. The van der Waals surface area contributed by atoms with E-state index in [0.717, 1.165) is 31.3 Å². The highest BCUT2D eigenvalue weighted by atomic mass is 16.5. The van der Waals surface area contributed by atoms with Crippen LogP contribution in [-0.4, -0.2) is 25.7 Å². The van der Waals surface area contributed by atoms with Crippen LogP contribution in [0.3, 0.4) is 0 Å². The molecule has 1 saturated carbocycles. The fourth-order valence-corrected chi connectivity index (χ4v) is 2.37. The molecule has 0 radical (unpaired) electrons. The summed E-state index contributed by atoms with van der Waals surface area (Å²) in [6.45, 7) is 7.06. The highest BCUT2D eigenvalue weighted by Crippen LogP contribution is 2.34. The molecule has 106 valence electrons. The molecule has 4 nitrogen and oxygen atoms in total. The molecule has 1 aliphatic carbocycles. The highest BCUT2D eigenvalue weighted by Gasteiger charge is 2.38. The van der Waals surface area contributed by atoms with Gasteiger partial charge in [0.1, 0.15) is 5.41 Å². The molecule has 0 spiro atoms. The van der Waals surface area contributed by atoms with Crippen LogP contribution in [0.1, 0.15) is 45.4 Å². The van der Waals surface area contributed by atoms with Crippen LogP contribution in [0, 0.1) is 16.7 Å². The first kappa shape index (κ1) is 15.7. The van der Waals surface area contributed by atoms with Crippen LogP contribution in [-0.2, 0) is 9.53 Å². The van der Waals surface area contributed by atoms with Crippen molar-refractivity contribution in [1.29, 1.82) is 5.26 Å². The Balaban J connectivity index is 2.37. The van der Waals surface area contributed by atoms with Gasteiger partial charge in [-0.05, 0) is 19.8 Å². The first-order chi connectivity index (χ1) is 9.10. The van der Waals surface area contributed by atoms with Crippen LogP contribution < -0.4 is 5.32 Å². The zero-order chi connectivity index (χ0) is 14.1. The maximum absolute atomic E-state index is 12.2. The van der Waals surface area contributed by atoms with E-state index in [9.17, 15) is 10.1 Å². The number of hydrogen-bond donors (Lipinski definition) is 1. The third-order valence-corrected chi connectivity index (χ3v) is 3.49. The predicted octanol–water partition coefficient (Wildman–Crippen LogP) is 2.56. The Labute approximate surface area is 115 Å². The van der Waals surface area contributed by atoms with Gasteiger partial charge in [-0.2, -0.15) is 5.26 Å². The molecular formula is C15H24N2O2. The van der Waals surface area contributed by atoms with Gasteiger partial charge in [0.25, 0.3) is 0 Å². The number of rotatable bonds is 6.